The lowest BCUT2D eigenvalue weighted by molar-refractivity contribution is -0.137. The lowest BCUT2D eigenvalue weighted by Gasteiger charge is -2.40. The first-order valence-corrected chi connectivity index (χ1v) is 12.6. The highest BCUT2D eigenvalue weighted by Crippen LogP contribution is 2.42. The zero-order chi connectivity index (χ0) is 28.6. The normalized spacial score (nSPS) is 14.5. The highest BCUT2D eigenvalue weighted by molar-refractivity contribution is 6.01. The van der Waals surface area contributed by atoms with Gasteiger partial charge in [-0.15, -0.1) is 0 Å². The summed E-state index contributed by atoms with van der Waals surface area (Å²) in [5.74, 6) is -0.878. The van der Waals surface area contributed by atoms with E-state index in [1.807, 2.05) is 35.0 Å². The summed E-state index contributed by atoms with van der Waals surface area (Å²) in [6, 6.07) is 19.5. The van der Waals surface area contributed by atoms with Crippen LogP contribution in [0.4, 0.5) is 33.7 Å². The minimum absolute atomic E-state index is 0.400. The van der Waals surface area contributed by atoms with E-state index in [2.05, 4.69) is 5.32 Å². The van der Waals surface area contributed by atoms with Crippen LogP contribution in [-0.4, -0.2) is 34.0 Å². The molecule has 0 saturated carbocycles. The molecule has 206 valence electrons. The molecule has 5 rings (SSSR count). The summed E-state index contributed by atoms with van der Waals surface area (Å²) in [6.07, 6.45) is -2.80. The second-order valence-corrected chi connectivity index (χ2v) is 9.70. The first-order chi connectivity index (χ1) is 19.1. The van der Waals surface area contributed by atoms with E-state index in [-0.39, 0.29) is 0 Å². The van der Waals surface area contributed by atoms with E-state index in [4.69, 9.17) is 0 Å². The van der Waals surface area contributed by atoms with Gasteiger partial charge in [-0.2, -0.15) is 13.2 Å². The fourth-order valence-corrected chi connectivity index (χ4v) is 4.96. The number of amides is 3. The number of rotatable bonds is 5. The molecule has 0 fully saturated rings. The maximum Gasteiger partial charge on any atom is 0.418 e. The fraction of sp³-hybridized carbons (Fsp3) is 0.200. The lowest BCUT2D eigenvalue weighted by Crippen LogP contribution is -2.49. The van der Waals surface area contributed by atoms with Crippen LogP contribution < -0.4 is 10.2 Å². The third-order valence-electron chi connectivity index (χ3n) is 6.84. The molecule has 0 bridgehead atoms. The van der Waals surface area contributed by atoms with Crippen molar-refractivity contribution in [2.45, 2.75) is 32.1 Å². The van der Waals surface area contributed by atoms with Crippen LogP contribution in [0.25, 0.3) is 5.69 Å². The van der Waals surface area contributed by atoms with Gasteiger partial charge < -0.3 is 14.8 Å². The molecule has 1 aliphatic rings. The molecule has 0 radical (unpaired) electrons. The molecule has 2 heterocycles. The van der Waals surface area contributed by atoms with Crippen molar-refractivity contribution in [1.82, 2.24) is 9.47 Å². The van der Waals surface area contributed by atoms with E-state index in [1.165, 1.54) is 35.2 Å². The Morgan fingerprint density at radius 2 is 1.55 bits per heavy atom. The van der Waals surface area contributed by atoms with Crippen molar-refractivity contribution >= 4 is 23.3 Å². The Kier molecular flexibility index (Phi) is 7.10. The van der Waals surface area contributed by atoms with Crippen molar-refractivity contribution in [1.29, 1.82) is 0 Å². The van der Waals surface area contributed by atoms with Gasteiger partial charge in [0.15, 0.2) is 0 Å². The van der Waals surface area contributed by atoms with Crippen LogP contribution in [0.5, 0.6) is 0 Å². The predicted molar refractivity (Wildman–Crippen MR) is 144 cm³/mol. The number of para-hydroxylation sites is 3. The number of nitrogens with zero attached hydrogens (tertiary/aromatic N) is 3. The molecular weight excluding hydrogens is 524 g/mol. The van der Waals surface area contributed by atoms with E-state index in [1.54, 1.807) is 43.0 Å². The monoisotopic (exact) mass is 550 g/mol. The van der Waals surface area contributed by atoms with E-state index in [0.29, 0.717) is 11.3 Å². The Balaban J connectivity index is 1.51. The number of nitrogens with one attached hydrogen (secondary N) is 1. The number of halogens is 4. The van der Waals surface area contributed by atoms with Crippen LogP contribution in [-0.2, 0) is 11.0 Å². The van der Waals surface area contributed by atoms with Crippen LogP contribution in [0.2, 0.25) is 0 Å². The SMILES string of the molecule is CC(C)N(CC(=O)N1c2ccccc2-n2cccc2C1c1ccc(F)cc1)C(=O)Nc1ccccc1C(F)(F)F. The van der Waals surface area contributed by atoms with Gasteiger partial charge in [-0.25, -0.2) is 9.18 Å². The van der Waals surface area contributed by atoms with Crippen molar-refractivity contribution in [3.63, 3.8) is 0 Å². The first kappa shape index (κ1) is 27.0. The van der Waals surface area contributed by atoms with E-state index >= 15 is 0 Å². The number of benzene rings is 3. The smallest absolute Gasteiger partial charge is 0.316 e. The van der Waals surface area contributed by atoms with Crippen LogP contribution in [0.3, 0.4) is 0 Å². The number of carbonyl (C=O) groups excluding carboxylic acids is 2. The summed E-state index contributed by atoms with van der Waals surface area (Å²) in [5.41, 5.74) is 1.36. The molecule has 1 aliphatic heterocycles. The molecule has 1 unspecified atom stereocenters. The molecule has 0 saturated heterocycles. The van der Waals surface area contributed by atoms with Gasteiger partial charge in [0, 0.05) is 12.2 Å². The number of hydrogen-bond donors (Lipinski definition) is 1. The molecule has 1 N–H and O–H groups in total. The second-order valence-electron chi connectivity index (χ2n) is 9.70. The average molecular weight is 551 g/mol. The van der Waals surface area contributed by atoms with Crippen molar-refractivity contribution < 1.29 is 27.2 Å². The summed E-state index contributed by atoms with van der Waals surface area (Å²) >= 11 is 0. The Bertz CT molecular complexity index is 1550. The van der Waals surface area contributed by atoms with Crippen LogP contribution in [0.15, 0.2) is 91.1 Å². The molecular formula is C30H26F4N4O2. The van der Waals surface area contributed by atoms with Gasteiger partial charge in [-0.3, -0.25) is 9.69 Å². The zero-order valence-electron chi connectivity index (χ0n) is 21.7. The molecule has 1 atom stereocenters. The van der Waals surface area contributed by atoms with Crippen molar-refractivity contribution in [3.05, 3.63) is 114 Å². The van der Waals surface area contributed by atoms with E-state index in [0.717, 1.165) is 17.4 Å². The summed E-state index contributed by atoms with van der Waals surface area (Å²) in [7, 11) is 0. The van der Waals surface area contributed by atoms with Crippen molar-refractivity contribution in [2.24, 2.45) is 0 Å². The Hall–Kier alpha value is -4.60. The first-order valence-electron chi connectivity index (χ1n) is 12.6. The molecule has 40 heavy (non-hydrogen) atoms. The van der Waals surface area contributed by atoms with Crippen molar-refractivity contribution in [2.75, 3.05) is 16.8 Å². The van der Waals surface area contributed by atoms with Gasteiger partial charge in [-0.05, 0) is 67.9 Å². The molecule has 3 aromatic carbocycles. The average Bonchev–Trinajstić information content (AvgIpc) is 3.41. The summed E-state index contributed by atoms with van der Waals surface area (Å²) in [5, 5.41) is 2.34. The zero-order valence-corrected chi connectivity index (χ0v) is 21.7. The Labute approximate surface area is 228 Å². The quantitative estimate of drug-likeness (QED) is 0.272. The number of urea groups is 1. The summed E-state index contributed by atoms with van der Waals surface area (Å²) in [4.78, 5) is 30.1. The predicted octanol–water partition coefficient (Wildman–Crippen LogP) is 7.01. The van der Waals surface area contributed by atoms with Gasteiger partial charge in [-0.1, -0.05) is 36.4 Å². The Morgan fingerprint density at radius 3 is 2.23 bits per heavy atom. The third-order valence-corrected chi connectivity index (χ3v) is 6.84. The van der Waals surface area contributed by atoms with Crippen LogP contribution in [0.1, 0.15) is 36.7 Å². The van der Waals surface area contributed by atoms with Gasteiger partial charge >= 0.3 is 12.2 Å². The lowest BCUT2D eigenvalue weighted by atomic mass is 9.97. The number of hydrogen-bond acceptors (Lipinski definition) is 2. The van der Waals surface area contributed by atoms with Gasteiger partial charge in [0.2, 0.25) is 5.91 Å². The van der Waals surface area contributed by atoms with Gasteiger partial charge in [0.1, 0.15) is 18.4 Å². The molecule has 1 aromatic heterocycles. The number of alkyl halides is 3. The van der Waals surface area contributed by atoms with Gasteiger partial charge in [0.25, 0.3) is 0 Å². The maximum atomic E-state index is 14.1. The molecule has 3 amide bonds. The minimum atomic E-state index is -4.67. The topological polar surface area (TPSA) is 57.6 Å². The van der Waals surface area contributed by atoms with E-state index < -0.39 is 53.8 Å². The van der Waals surface area contributed by atoms with Crippen LogP contribution in [0, 0.1) is 5.82 Å². The maximum absolute atomic E-state index is 14.1. The van der Waals surface area contributed by atoms with E-state index in [9.17, 15) is 27.2 Å². The van der Waals surface area contributed by atoms with Crippen LogP contribution >= 0.6 is 0 Å². The number of anilines is 2. The largest absolute Gasteiger partial charge is 0.418 e. The summed E-state index contributed by atoms with van der Waals surface area (Å²) < 4.78 is 56.3. The molecule has 4 aromatic rings. The second kappa shape index (κ2) is 10.5. The number of carbonyl (C=O) groups is 2. The highest BCUT2D eigenvalue weighted by atomic mass is 19.4. The van der Waals surface area contributed by atoms with Gasteiger partial charge in [0.05, 0.1) is 28.3 Å². The third kappa shape index (κ3) is 5.04. The summed E-state index contributed by atoms with van der Waals surface area (Å²) in [6.45, 7) is 2.94. The molecule has 6 nitrogen and oxygen atoms in total. The molecule has 10 heteroatoms. The number of fused-ring (bicyclic) bond motifs is 3. The standard InChI is InChI=1S/C30H26F4N4O2/c1-19(2)37(29(40)35-23-9-4-3-8-22(23)30(32,33)34)18-27(39)38-25-11-6-5-10-24(25)36-17-7-12-26(36)28(38)20-13-15-21(31)16-14-20/h3-17,19,28H,18H2,1-2H3,(H,35,40). The highest BCUT2D eigenvalue weighted by Gasteiger charge is 2.38. The van der Waals surface area contributed by atoms with Crippen molar-refractivity contribution in [3.8, 4) is 5.69 Å². The Morgan fingerprint density at radius 1 is 0.900 bits per heavy atom. The molecule has 0 aliphatic carbocycles. The fourth-order valence-electron chi connectivity index (χ4n) is 4.96. The number of aromatic nitrogens is 1. The minimum Gasteiger partial charge on any atom is -0.316 e. The molecule has 0 spiro atoms.